The summed E-state index contributed by atoms with van der Waals surface area (Å²) in [5.41, 5.74) is 1.92. The van der Waals surface area contributed by atoms with E-state index in [1.807, 2.05) is 44.2 Å². The first-order valence-corrected chi connectivity index (χ1v) is 14.0. The van der Waals surface area contributed by atoms with Crippen molar-refractivity contribution >= 4 is 23.7 Å². The minimum absolute atomic E-state index is 0.0552. The van der Waals surface area contributed by atoms with Crippen LogP contribution in [0.3, 0.4) is 0 Å². The topological polar surface area (TPSA) is 75.8 Å². The summed E-state index contributed by atoms with van der Waals surface area (Å²) in [6.07, 6.45) is -0.0170. The third-order valence-electron chi connectivity index (χ3n) is 6.46. The molecule has 218 valence electrons. The highest BCUT2D eigenvalue weighted by Gasteiger charge is 2.41. The van der Waals surface area contributed by atoms with Gasteiger partial charge in [0.2, 0.25) is 0 Å². The number of rotatable bonds is 7. The Hall–Kier alpha value is -4.16. The number of alkyl halides is 3. The molecule has 1 atom stereocenters. The lowest BCUT2D eigenvalue weighted by Crippen LogP contribution is -2.43. The average molecular weight is 598 g/mol. The predicted molar refractivity (Wildman–Crippen MR) is 155 cm³/mol. The zero-order valence-corrected chi connectivity index (χ0v) is 23.7. The molecule has 0 saturated carbocycles. The molecular weight excluding hydrogens is 570 g/mol. The zero-order chi connectivity index (χ0) is 30.1. The van der Waals surface area contributed by atoms with Gasteiger partial charge in [0.15, 0.2) is 5.82 Å². The molecule has 0 aliphatic carbocycles. The number of hydrogen-bond donors (Lipinski definition) is 1. The van der Waals surface area contributed by atoms with Gasteiger partial charge in [0.05, 0.1) is 22.6 Å². The number of aromatic nitrogens is 3. The van der Waals surface area contributed by atoms with Gasteiger partial charge in [0, 0.05) is 17.5 Å². The molecule has 1 saturated heterocycles. The average Bonchev–Trinajstić information content (AvgIpc) is 3.53. The molecule has 3 aromatic carbocycles. The second kappa shape index (κ2) is 11.6. The number of ether oxygens (including phenoxy) is 1. The van der Waals surface area contributed by atoms with Crippen molar-refractivity contribution in [3.63, 3.8) is 0 Å². The molecule has 0 amide bonds. The largest absolute Gasteiger partial charge is 0.573 e. The summed E-state index contributed by atoms with van der Waals surface area (Å²) in [6.45, 7) is 5.62. The van der Waals surface area contributed by atoms with Gasteiger partial charge in [0.1, 0.15) is 23.6 Å². The predicted octanol–water partition coefficient (Wildman–Crippen LogP) is 7.28. The molecule has 0 spiro atoms. The van der Waals surface area contributed by atoms with Crippen molar-refractivity contribution in [1.82, 2.24) is 14.8 Å². The smallest absolute Gasteiger partial charge is 0.406 e. The fourth-order valence-electron chi connectivity index (χ4n) is 4.48. The van der Waals surface area contributed by atoms with Crippen molar-refractivity contribution in [1.29, 1.82) is 0 Å². The Morgan fingerprint density at radius 1 is 1.07 bits per heavy atom. The number of para-hydroxylation sites is 1. The van der Waals surface area contributed by atoms with E-state index in [4.69, 9.17) is 0 Å². The summed E-state index contributed by atoms with van der Waals surface area (Å²) >= 11 is 1.40. The van der Waals surface area contributed by atoms with Crippen molar-refractivity contribution in [2.75, 3.05) is 10.7 Å². The Morgan fingerprint density at radius 3 is 2.45 bits per heavy atom. The lowest BCUT2D eigenvalue weighted by atomic mass is 9.99. The van der Waals surface area contributed by atoms with Gasteiger partial charge in [-0.2, -0.15) is 0 Å². The maximum atomic E-state index is 15.0. The maximum absolute atomic E-state index is 15.0. The molecule has 1 unspecified atom stereocenters. The molecule has 1 aliphatic rings. The first-order chi connectivity index (χ1) is 19.9. The third-order valence-corrected chi connectivity index (χ3v) is 7.74. The van der Waals surface area contributed by atoms with Crippen LogP contribution in [0.15, 0.2) is 89.3 Å². The molecule has 1 aliphatic heterocycles. The van der Waals surface area contributed by atoms with Crippen molar-refractivity contribution in [2.24, 2.45) is 4.99 Å². The van der Waals surface area contributed by atoms with Crippen LogP contribution in [0.1, 0.15) is 37.8 Å². The second-order valence-electron chi connectivity index (χ2n) is 10.1. The fourth-order valence-corrected chi connectivity index (χ4v) is 5.59. The van der Waals surface area contributed by atoms with E-state index < -0.39 is 17.9 Å². The lowest BCUT2D eigenvalue weighted by Gasteiger charge is -2.34. The molecule has 42 heavy (non-hydrogen) atoms. The van der Waals surface area contributed by atoms with E-state index in [2.05, 4.69) is 19.8 Å². The Labute approximate surface area is 244 Å². The highest BCUT2D eigenvalue weighted by Crippen LogP contribution is 2.45. The van der Waals surface area contributed by atoms with E-state index in [0.29, 0.717) is 28.0 Å². The number of anilines is 1. The molecule has 7 nitrogen and oxygen atoms in total. The highest BCUT2D eigenvalue weighted by atomic mass is 32.2. The van der Waals surface area contributed by atoms with Crippen LogP contribution in [0, 0.1) is 5.82 Å². The van der Waals surface area contributed by atoms with E-state index >= 15 is 4.39 Å². The van der Waals surface area contributed by atoms with Gasteiger partial charge in [-0.3, -0.25) is 4.99 Å². The number of aliphatic hydroxyl groups is 1. The zero-order valence-electron chi connectivity index (χ0n) is 22.9. The van der Waals surface area contributed by atoms with Crippen molar-refractivity contribution in [3.8, 4) is 22.8 Å². The first-order valence-electron chi connectivity index (χ1n) is 13.0. The molecule has 2 heterocycles. The molecule has 0 bridgehead atoms. The summed E-state index contributed by atoms with van der Waals surface area (Å²) < 4.78 is 57.6. The van der Waals surface area contributed by atoms with Crippen LogP contribution in [-0.2, 0) is 0 Å². The minimum atomic E-state index is -4.76. The van der Waals surface area contributed by atoms with Gasteiger partial charge in [-0.15, -0.1) is 30.0 Å². The number of nitrogens with zero attached hydrogens (tertiary/aromatic N) is 5. The van der Waals surface area contributed by atoms with Gasteiger partial charge in [-0.05, 0) is 54.3 Å². The number of halogens is 4. The number of thioether (sulfide) groups is 1. The van der Waals surface area contributed by atoms with Crippen LogP contribution in [-0.4, -0.2) is 43.9 Å². The first kappa shape index (κ1) is 29.3. The van der Waals surface area contributed by atoms with Gasteiger partial charge < -0.3 is 14.7 Å². The van der Waals surface area contributed by atoms with Gasteiger partial charge in [-0.1, -0.05) is 50.2 Å². The van der Waals surface area contributed by atoms with Gasteiger partial charge >= 0.3 is 6.36 Å². The highest BCUT2D eigenvalue weighted by molar-refractivity contribution is 8.03. The van der Waals surface area contributed by atoms with E-state index in [9.17, 15) is 18.3 Å². The molecule has 4 aromatic rings. The van der Waals surface area contributed by atoms with E-state index in [1.54, 1.807) is 30.3 Å². The summed E-state index contributed by atoms with van der Waals surface area (Å²) in [5.74, 6) is 0.122. The monoisotopic (exact) mass is 597 g/mol. The van der Waals surface area contributed by atoms with Crippen molar-refractivity contribution in [3.05, 3.63) is 101 Å². The molecule has 12 heteroatoms. The van der Waals surface area contributed by atoms with E-state index in [1.165, 1.54) is 53.1 Å². The Morgan fingerprint density at radius 2 is 1.79 bits per heavy atom. The van der Waals surface area contributed by atoms with Crippen LogP contribution in [0.5, 0.6) is 5.75 Å². The fraction of sp³-hybridized carbons (Fsp3) is 0.233. The number of benzene rings is 3. The van der Waals surface area contributed by atoms with Gasteiger partial charge in [-0.25, -0.2) is 14.1 Å². The number of aliphatic imine (C=N–C) groups is 1. The SMILES string of the molecule is CC(C)c1cccc(F)c1N1/C(=C/N=C/c2ccc(-c3ncn(-c4ccc(OC(F)(F)F)cc4)n3)cc2)SCC1(C)O. The summed E-state index contributed by atoms with van der Waals surface area (Å²) in [6, 6.07) is 17.6. The Bertz CT molecular complexity index is 1610. The summed E-state index contributed by atoms with van der Waals surface area (Å²) in [7, 11) is 0. The molecule has 0 radical (unpaired) electrons. The Balaban J connectivity index is 1.31. The van der Waals surface area contributed by atoms with Crippen LogP contribution >= 0.6 is 11.8 Å². The molecule has 1 aromatic heterocycles. The summed E-state index contributed by atoms with van der Waals surface area (Å²) in [5, 5.41) is 16.1. The van der Waals surface area contributed by atoms with Crippen LogP contribution in [0.2, 0.25) is 0 Å². The second-order valence-corrected chi connectivity index (χ2v) is 11.1. The quantitative estimate of drug-likeness (QED) is 0.178. The van der Waals surface area contributed by atoms with E-state index in [-0.39, 0.29) is 11.7 Å². The van der Waals surface area contributed by atoms with Crippen molar-refractivity contribution in [2.45, 2.75) is 38.8 Å². The minimum Gasteiger partial charge on any atom is -0.406 e. The Kier molecular flexibility index (Phi) is 8.11. The van der Waals surface area contributed by atoms with E-state index in [0.717, 1.165) is 16.7 Å². The maximum Gasteiger partial charge on any atom is 0.573 e. The molecule has 1 N–H and O–H groups in total. The lowest BCUT2D eigenvalue weighted by molar-refractivity contribution is -0.274. The standard InChI is InChI=1S/C30H27F4N5O2S/c1-19(2)24-5-4-6-25(31)27(24)39-26(42-17-29(39,3)40)16-35-15-20-7-9-21(10-8-20)28-36-18-38(37-28)22-11-13-23(14-12-22)41-30(32,33)34/h4-16,18-19,40H,17H2,1-3H3/b26-16-,35-15+. The summed E-state index contributed by atoms with van der Waals surface area (Å²) in [4.78, 5) is 10.4. The molecule has 1 fully saturated rings. The van der Waals surface area contributed by atoms with Gasteiger partial charge in [0.25, 0.3) is 0 Å². The normalized spacial score (nSPS) is 18.5. The number of hydrogen-bond acceptors (Lipinski definition) is 7. The third kappa shape index (κ3) is 6.50. The van der Waals surface area contributed by atoms with Crippen LogP contribution in [0.4, 0.5) is 23.2 Å². The molecule has 5 rings (SSSR count). The van der Waals surface area contributed by atoms with Crippen LogP contribution in [0.25, 0.3) is 17.1 Å². The van der Waals surface area contributed by atoms with Crippen molar-refractivity contribution < 1.29 is 27.4 Å². The molecular formula is C30H27F4N5O2S. The van der Waals surface area contributed by atoms with Crippen LogP contribution < -0.4 is 9.64 Å².